The standard InChI is InChI=1S/C21H24N2O6/c1-3-28-20(26)13-9-14(21(27)29-4-2)12-23(11-13)19(25)18(24)16-10-22-17-8-6-5-7-15(16)17/h5-8,10,13-14,22H,3-4,9,11-12H2,1-2H3/t13-,14+. The first-order valence-corrected chi connectivity index (χ1v) is 9.69. The normalized spacial score (nSPS) is 19.0. The highest BCUT2D eigenvalue weighted by atomic mass is 16.5. The van der Waals surface area contributed by atoms with Crippen molar-refractivity contribution in [3.05, 3.63) is 36.0 Å². The van der Waals surface area contributed by atoms with Gasteiger partial charge in [0.05, 0.1) is 30.6 Å². The summed E-state index contributed by atoms with van der Waals surface area (Å²) in [6.45, 7) is 3.83. The van der Waals surface area contributed by atoms with Gasteiger partial charge in [-0.15, -0.1) is 0 Å². The zero-order valence-electron chi connectivity index (χ0n) is 16.5. The molecule has 1 saturated heterocycles. The lowest BCUT2D eigenvalue weighted by Crippen LogP contribution is -2.50. The Hall–Kier alpha value is -3.16. The Labute approximate surface area is 168 Å². The molecule has 0 spiro atoms. The summed E-state index contributed by atoms with van der Waals surface area (Å²) in [5, 5.41) is 0.645. The van der Waals surface area contributed by atoms with Crippen molar-refractivity contribution in [2.75, 3.05) is 26.3 Å². The van der Waals surface area contributed by atoms with Crippen molar-refractivity contribution in [2.24, 2.45) is 11.8 Å². The fourth-order valence-electron chi connectivity index (χ4n) is 3.64. The van der Waals surface area contributed by atoms with Crippen LogP contribution < -0.4 is 0 Å². The molecule has 2 atom stereocenters. The summed E-state index contributed by atoms with van der Waals surface area (Å²) in [6, 6.07) is 7.18. The zero-order valence-corrected chi connectivity index (χ0v) is 16.5. The van der Waals surface area contributed by atoms with E-state index in [0.717, 1.165) is 5.52 Å². The van der Waals surface area contributed by atoms with Crippen LogP contribution in [0.1, 0.15) is 30.6 Å². The molecule has 154 valence electrons. The minimum absolute atomic E-state index is 0.0294. The molecule has 1 amide bonds. The van der Waals surface area contributed by atoms with E-state index >= 15 is 0 Å². The van der Waals surface area contributed by atoms with Crippen LogP contribution in [0.5, 0.6) is 0 Å². The van der Waals surface area contributed by atoms with E-state index in [4.69, 9.17) is 9.47 Å². The molecule has 3 rings (SSSR count). The van der Waals surface area contributed by atoms with E-state index < -0.39 is 35.5 Å². The molecule has 29 heavy (non-hydrogen) atoms. The minimum Gasteiger partial charge on any atom is -0.466 e. The topological polar surface area (TPSA) is 106 Å². The quantitative estimate of drug-likeness (QED) is 0.451. The molecule has 2 aromatic rings. The van der Waals surface area contributed by atoms with Crippen LogP contribution in [0.2, 0.25) is 0 Å². The van der Waals surface area contributed by atoms with Crippen molar-refractivity contribution >= 4 is 34.5 Å². The van der Waals surface area contributed by atoms with E-state index in [1.165, 1.54) is 11.1 Å². The minimum atomic E-state index is -0.752. The zero-order chi connectivity index (χ0) is 21.0. The predicted molar refractivity (Wildman–Crippen MR) is 104 cm³/mol. The van der Waals surface area contributed by atoms with E-state index in [1.54, 1.807) is 26.0 Å². The van der Waals surface area contributed by atoms with Gasteiger partial charge in [-0.25, -0.2) is 0 Å². The summed E-state index contributed by atoms with van der Waals surface area (Å²) in [6.07, 6.45) is 1.73. The molecule has 1 aromatic carbocycles. The van der Waals surface area contributed by atoms with Crippen molar-refractivity contribution in [3.8, 4) is 0 Å². The average Bonchev–Trinajstić information content (AvgIpc) is 3.17. The van der Waals surface area contributed by atoms with Crippen LogP contribution >= 0.6 is 0 Å². The molecule has 0 aliphatic carbocycles. The van der Waals surface area contributed by atoms with Gasteiger partial charge in [0.1, 0.15) is 0 Å². The Morgan fingerprint density at radius 3 is 2.17 bits per heavy atom. The molecule has 0 radical (unpaired) electrons. The number of H-pyrrole nitrogens is 1. The Kier molecular flexibility index (Phi) is 6.31. The van der Waals surface area contributed by atoms with Gasteiger partial charge >= 0.3 is 11.9 Å². The van der Waals surface area contributed by atoms with Crippen LogP contribution in [0, 0.1) is 11.8 Å². The van der Waals surface area contributed by atoms with Crippen molar-refractivity contribution in [3.63, 3.8) is 0 Å². The maximum absolute atomic E-state index is 13.0. The van der Waals surface area contributed by atoms with Crippen LogP contribution in [0.25, 0.3) is 10.9 Å². The summed E-state index contributed by atoms with van der Waals surface area (Å²) in [4.78, 5) is 54.6. The van der Waals surface area contributed by atoms with Gasteiger partial charge in [-0.05, 0) is 26.3 Å². The lowest BCUT2D eigenvalue weighted by molar-refractivity contribution is -0.157. The third-order valence-electron chi connectivity index (χ3n) is 5.01. The maximum Gasteiger partial charge on any atom is 0.310 e. The number of fused-ring (bicyclic) bond motifs is 1. The molecule has 1 aliphatic heterocycles. The second-order valence-corrected chi connectivity index (χ2v) is 6.92. The number of benzene rings is 1. The molecule has 1 aliphatic rings. The van der Waals surface area contributed by atoms with E-state index in [9.17, 15) is 19.2 Å². The number of piperidine rings is 1. The summed E-state index contributed by atoms with van der Waals surface area (Å²) in [5.74, 6) is -3.78. The molecule has 2 heterocycles. The van der Waals surface area contributed by atoms with Crippen LogP contribution in [-0.2, 0) is 23.9 Å². The third kappa shape index (κ3) is 4.31. The van der Waals surface area contributed by atoms with Gasteiger partial charge in [0.15, 0.2) is 0 Å². The fourth-order valence-corrected chi connectivity index (χ4v) is 3.64. The van der Waals surface area contributed by atoms with Gasteiger partial charge in [0, 0.05) is 30.2 Å². The van der Waals surface area contributed by atoms with Crippen LogP contribution in [0.4, 0.5) is 0 Å². The van der Waals surface area contributed by atoms with E-state index in [2.05, 4.69) is 4.98 Å². The van der Waals surface area contributed by atoms with Crippen molar-refractivity contribution in [1.29, 1.82) is 0 Å². The number of Topliss-reactive ketones (excluding diaryl/α,β-unsaturated/α-hetero) is 1. The molecular formula is C21H24N2O6. The average molecular weight is 400 g/mol. The lowest BCUT2D eigenvalue weighted by Gasteiger charge is -2.35. The first kappa shape index (κ1) is 20.6. The van der Waals surface area contributed by atoms with Crippen molar-refractivity contribution < 1.29 is 28.7 Å². The number of likely N-dealkylation sites (tertiary alicyclic amines) is 1. The Bertz CT molecular complexity index is 908. The highest BCUT2D eigenvalue weighted by molar-refractivity contribution is 6.44. The number of nitrogens with zero attached hydrogens (tertiary/aromatic N) is 1. The lowest BCUT2D eigenvalue weighted by atomic mass is 9.88. The molecule has 8 heteroatoms. The van der Waals surface area contributed by atoms with Crippen LogP contribution in [0.15, 0.2) is 30.5 Å². The summed E-state index contributed by atoms with van der Waals surface area (Å²) < 4.78 is 10.1. The molecular weight excluding hydrogens is 376 g/mol. The number of aromatic nitrogens is 1. The molecule has 0 saturated carbocycles. The van der Waals surface area contributed by atoms with E-state index in [-0.39, 0.29) is 38.3 Å². The number of hydrogen-bond acceptors (Lipinski definition) is 6. The van der Waals surface area contributed by atoms with E-state index in [1.807, 2.05) is 12.1 Å². The number of aromatic amines is 1. The number of amides is 1. The highest BCUT2D eigenvalue weighted by Gasteiger charge is 2.40. The molecule has 8 nitrogen and oxygen atoms in total. The number of rotatable bonds is 6. The Morgan fingerprint density at radius 2 is 1.59 bits per heavy atom. The molecule has 1 N–H and O–H groups in total. The first-order chi connectivity index (χ1) is 14.0. The van der Waals surface area contributed by atoms with Gasteiger partial charge in [0.2, 0.25) is 0 Å². The number of esters is 2. The summed E-state index contributed by atoms with van der Waals surface area (Å²) in [5.41, 5.74) is 1.01. The number of ketones is 1. The van der Waals surface area contributed by atoms with Crippen molar-refractivity contribution in [2.45, 2.75) is 20.3 Å². The Morgan fingerprint density at radius 1 is 1.00 bits per heavy atom. The number of carbonyl (C=O) groups excluding carboxylic acids is 4. The van der Waals surface area contributed by atoms with Gasteiger partial charge in [-0.2, -0.15) is 0 Å². The smallest absolute Gasteiger partial charge is 0.310 e. The van der Waals surface area contributed by atoms with Crippen LogP contribution in [0.3, 0.4) is 0 Å². The SMILES string of the molecule is CCOC(=O)[C@@H]1C[C@H](C(=O)OCC)CN(C(=O)C(=O)c2c[nH]c3ccccc23)C1. The number of ether oxygens (including phenoxy) is 2. The number of hydrogen-bond donors (Lipinski definition) is 1. The molecule has 1 aromatic heterocycles. The van der Waals surface area contributed by atoms with Crippen molar-refractivity contribution in [1.82, 2.24) is 9.88 Å². The number of para-hydroxylation sites is 1. The largest absolute Gasteiger partial charge is 0.466 e. The molecule has 0 bridgehead atoms. The second-order valence-electron chi connectivity index (χ2n) is 6.92. The van der Waals surface area contributed by atoms with Gasteiger partial charge < -0.3 is 19.4 Å². The fraction of sp³-hybridized carbons (Fsp3) is 0.429. The summed E-state index contributed by atoms with van der Waals surface area (Å²) in [7, 11) is 0. The van der Waals surface area contributed by atoms with E-state index in [0.29, 0.717) is 5.39 Å². The molecule has 0 unspecified atom stereocenters. The first-order valence-electron chi connectivity index (χ1n) is 9.69. The second kappa shape index (κ2) is 8.89. The maximum atomic E-state index is 13.0. The van der Waals surface area contributed by atoms with Gasteiger partial charge in [-0.1, -0.05) is 18.2 Å². The number of nitrogens with one attached hydrogen (secondary N) is 1. The van der Waals surface area contributed by atoms with Gasteiger partial charge in [-0.3, -0.25) is 19.2 Å². The number of carbonyl (C=O) groups is 4. The highest BCUT2D eigenvalue weighted by Crippen LogP contribution is 2.26. The monoisotopic (exact) mass is 400 g/mol. The van der Waals surface area contributed by atoms with Crippen LogP contribution in [-0.4, -0.2) is 59.8 Å². The third-order valence-corrected chi connectivity index (χ3v) is 5.01. The molecule has 1 fully saturated rings. The summed E-state index contributed by atoms with van der Waals surface area (Å²) >= 11 is 0. The predicted octanol–water partition coefficient (Wildman–Crippen LogP) is 1.94. The Balaban J connectivity index is 1.83. The van der Waals surface area contributed by atoms with Gasteiger partial charge in [0.25, 0.3) is 11.7 Å².